The highest BCUT2D eigenvalue weighted by molar-refractivity contribution is 14.0. The van der Waals surface area contributed by atoms with Gasteiger partial charge in [-0.1, -0.05) is 49.4 Å². The molecule has 2 aromatic carbocycles. The summed E-state index contributed by atoms with van der Waals surface area (Å²) < 4.78 is 0. The van der Waals surface area contributed by atoms with Crippen LogP contribution in [0.3, 0.4) is 0 Å². The van der Waals surface area contributed by atoms with E-state index in [1.165, 1.54) is 5.56 Å². The highest BCUT2D eigenvalue weighted by atomic mass is 127. The van der Waals surface area contributed by atoms with Crippen LogP contribution in [0.25, 0.3) is 11.3 Å². The minimum Gasteiger partial charge on any atom is -0.347 e. The van der Waals surface area contributed by atoms with E-state index < -0.39 is 0 Å². The number of imidazole rings is 1. The Bertz CT molecular complexity index is 1000. The molecule has 0 radical (unpaired) electrons. The number of anilines is 1. The number of benzene rings is 2. The summed E-state index contributed by atoms with van der Waals surface area (Å²) in [6.07, 6.45) is 2.75. The molecule has 0 saturated heterocycles. The van der Waals surface area contributed by atoms with Gasteiger partial charge in [-0.15, -0.1) is 24.0 Å². The summed E-state index contributed by atoms with van der Waals surface area (Å²) in [6.45, 7) is 2.75. The Morgan fingerprint density at radius 1 is 1.16 bits per heavy atom. The Morgan fingerprint density at radius 3 is 2.65 bits per heavy atom. The molecule has 0 saturated carbocycles. The number of amides is 1. The number of carbonyl (C=O) groups is 1. The van der Waals surface area contributed by atoms with Crippen molar-refractivity contribution < 1.29 is 4.79 Å². The molecule has 31 heavy (non-hydrogen) atoms. The van der Waals surface area contributed by atoms with Crippen molar-refractivity contribution in [3.63, 3.8) is 0 Å². The van der Waals surface area contributed by atoms with Gasteiger partial charge >= 0.3 is 0 Å². The third-order valence-electron chi connectivity index (χ3n) is 4.70. The molecule has 3 aromatic rings. The Hall–Kier alpha value is -2.88. The van der Waals surface area contributed by atoms with Gasteiger partial charge in [-0.3, -0.25) is 9.79 Å². The third kappa shape index (κ3) is 7.09. The Morgan fingerprint density at radius 2 is 1.94 bits per heavy atom. The molecule has 164 valence electrons. The molecule has 8 heteroatoms. The fourth-order valence-electron chi connectivity index (χ4n) is 3.13. The van der Waals surface area contributed by atoms with Crippen molar-refractivity contribution in [2.24, 2.45) is 4.99 Å². The van der Waals surface area contributed by atoms with Crippen LogP contribution >= 0.6 is 24.0 Å². The number of aromatic amines is 1. The van der Waals surface area contributed by atoms with E-state index in [0.717, 1.165) is 29.2 Å². The first-order valence-corrected chi connectivity index (χ1v) is 9.99. The maximum absolute atomic E-state index is 12.3. The van der Waals surface area contributed by atoms with Crippen molar-refractivity contribution in [2.45, 2.75) is 19.9 Å². The average Bonchev–Trinajstić information content (AvgIpc) is 3.23. The SMILES string of the molecule is CCc1cccc(NC(=O)CNC(=NC)N(C)Cc2ncc(-c3ccccc3)[nH]2)c1.I. The molecule has 1 heterocycles. The molecule has 0 aliphatic heterocycles. The van der Waals surface area contributed by atoms with Crippen molar-refractivity contribution in [1.82, 2.24) is 20.2 Å². The van der Waals surface area contributed by atoms with Gasteiger partial charge in [0.2, 0.25) is 5.91 Å². The molecule has 0 atom stereocenters. The van der Waals surface area contributed by atoms with Crippen LogP contribution in [0.1, 0.15) is 18.3 Å². The van der Waals surface area contributed by atoms with E-state index in [4.69, 9.17) is 0 Å². The second kappa shape index (κ2) is 12.1. The monoisotopic (exact) mass is 532 g/mol. The van der Waals surface area contributed by atoms with E-state index >= 15 is 0 Å². The first-order valence-electron chi connectivity index (χ1n) is 9.99. The fourth-order valence-corrected chi connectivity index (χ4v) is 3.13. The number of aliphatic imine (C=N–C) groups is 1. The summed E-state index contributed by atoms with van der Waals surface area (Å²) in [5.41, 5.74) is 4.04. The minimum atomic E-state index is -0.123. The second-order valence-electron chi connectivity index (χ2n) is 6.97. The van der Waals surface area contributed by atoms with Crippen molar-refractivity contribution in [2.75, 3.05) is 26.0 Å². The number of nitrogens with zero attached hydrogens (tertiary/aromatic N) is 3. The number of aryl methyl sites for hydroxylation is 1. The highest BCUT2D eigenvalue weighted by Crippen LogP contribution is 2.16. The van der Waals surface area contributed by atoms with Crippen molar-refractivity contribution in [1.29, 1.82) is 0 Å². The summed E-state index contributed by atoms with van der Waals surface area (Å²) in [6, 6.07) is 17.9. The second-order valence-corrected chi connectivity index (χ2v) is 6.97. The van der Waals surface area contributed by atoms with Crippen LogP contribution in [-0.4, -0.2) is 47.4 Å². The highest BCUT2D eigenvalue weighted by Gasteiger charge is 2.11. The van der Waals surface area contributed by atoms with Gasteiger partial charge in [0.05, 0.1) is 25.0 Å². The first kappa shape index (κ1) is 24.4. The molecule has 1 aromatic heterocycles. The number of aromatic nitrogens is 2. The number of nitrogens with one attached hydrogen (secondary N) is 3. The summed E-state index contributed by atoms with van der Waals surface area (Å²) in [4.78, 5) is 26.3. The number of hydrogen-bond donors (Lipinski definition) is 3. The average molecular weight is 532 g/mol. The van der Waals surface area contributed by atoms with E-state index in [2.05, 4.69) is 32.5 Å². The lowest BCUT2D eigenvalue weighted by molar-refractivity contribution is -0.115. The maximum Gasteiger partial charge on any atom is 0.243 e. The van der Waals surface area contributed by atoms with Gasteiger partial charge in [-0.2, -0.15) is 0 Å². The van der Waals surface area contributed by atoms with Crippen LogP contribution < -0.4 is 10.6 Å². The van der Waals surface area contributed by atoms with Gasteiger partial charge in [0.25, 0.3) is 0 Å². The molecule has 0 aliphatic carbocycles. The summed E-state index contributed by atoms with van der Waals surface area (Å²) in [5, 5.41) is 6.01. The number of H-pyrrole nitrogens is 1. The summed E-state index contributed by atoms with van der Waals surface area (Å²) >= 11 is 0. The van der Waals surface area contributed by atoms with Crippen LogP contribution in [0.5, 0.6) is 0 Å². The fraction of sp³-hybridized carbons (Fsp3) is 0.261. The largest absolute Gasteiger partial charge is 0.347 e. The normalized spacial score (nSPS) is 10.9. The minimum absolute atomic E-state index is 0. The van der Waals surface area contributed by atoms with Crippen LogP contribution in [0.15, 0.2) is 65.8 Å². The molecule has 1 amide bonds. The maximum atomic E-state index is 12.3. The van der Waals surface area contributed by atoms with Crippen LogP contribution in [0.2, 0.25) is 0 Å². The van der Waals surface area contributed by atoms with E-state index in [-0.39, 0.29) is 36.4 Å². The standard InChI is InChI=1S/C23H28N6O.HI/c1-4-17-9-8-12-19(13-17)27-22(30)15-26-23(24-2)29(3)16-21-25-14-20(28-21)18-10-6-5-7-11-18;/h5-14H,4,15-16H2,1-3H3,(H,24,26)(H,25,28)(H,27,30);1H. The molecular weight excluding hydrogens is 503 g/mol. The van der Waals surface area contributed by atoms with Crippen molar-refractivity contribution in [3.8, 4) is 11.3 Å². The molecule has 0 fully saturated rings. The Labute approximate surface area is 200 Å². The van der Waals surface area contributed by atoms with Gasteiger partial charge in [-0.25, -0.2) is 4.98 Å². The summed E-state index contributed by atoms with van der Waals surface area (Å²) in [7, 11) is 3.60. The topological polar surface area (TPSA) is 85.4 Å². The number of carbonyl (C=O) groups excluding carboxylic acids is 1. The number of rotatable bonds is 7. The van der Waals surface area contributed by atoms with Gasteiger partial charge in [-0.05, 0) is 29.7 Å². The zero-order chi connectivity index (χ0) is 21.3. The predicted octanol–water partition coefficient (Wildman–Crippen LogP) is 3.90. The molecule has 0 bridgehead atoms. The molecule has 3 N–H and O–H groups in total. The van der Waals surface area contributed by atoms with Gasteiger partial charge in [0.1, 0.15) is 5.82 Å². The Balaban J connectivity index is 0.00000341. The lowest BCUT2D eigenvalue weighted by atomic mass is 10.1. The van der Waals surface area contributed by atoms with Crippen LogP contribution in [-0.2, 0) is 17.8 Å². The smallest absolute Gasteiger partial charge is 0.243 e. The molecule has 0 spiro atoms. The van der Waals surface area contributed by atoms with E-state index in [9.17, 15) is 4.79 Å². The van der Waals surface area contributed by atoms with E-state index in [0.29, 0.717) is 12.5 Å². The molecule has 7 nitrogen and oxygen atoms in total. The van der Waals surface area contributed by atoms with Crippen molar-refractivity contribution in [3.05, 3.63) is 72.2 Å². The molecule has 0 unspecified atom stereocenters. The third-order valence-corrected chi connectivity index (χ3v) is 4.70. The number of guanidine groups is 1. The van der Waals surface area contributed by atoms with E-state index in [1.54, 1.807) is 7.05 Å². The van der Waals surface area contributed by atoms with Crippen LogP contribution in [0, 0.1) is 0 Å². The molecule has 0 aliphatic rings. The van der Waals surface area contributed by atoms with Crippen LogP contribution in [0.4, 0.5) is 5.69 Å². The van der Waals surface area contributed by atoms with Gasteiger partial charge in [0.15, 0.2) is 5.96 Å². The molecule has 3 rings (SSSR count). The first-order chi connectivity index (χ1) is 14.6. The van der Waals surface area contributed by atoms with E-state index in [1.807, 2.05) is 72.7 Å². The quantitative estimate of drug-likeness (QED) is 0.245. The van der Waals surface area contributed by atoms with Gasteiger partial charge < -0.3 is 20.5 Å². The predicted molar refractivity (Wildman–Crippen MR) is 137 cm³/mol. The molecular formula is C23H29IN6O. The lowest BCUT2D eigenvalue weighted by Gasteiger charge is -2.21. The Kier molecular flexibility index (Phi) is 9.51. The lowest BCUT2D eigenvalue weighted by Crippen LogP contribution is -2.42. The zero-order valence-electron chi connectivity index (χ0n) is 18.1. The number of hydrogen-bond acceptors (Lipinski definition) is 3. The van der Waals surface area contributed by atoms with Crippen molar-refractivity contribution >= 4 is 41.5 Å². The zero-order valence-corrected chi connectivity index (χ0v) is 20.4. The summed E-state index contributed by atoms with van der Waals surface area (Å²) in [5.74, 6) is 1.31. The van der Waals surface area contributed by atoms with Gasteiger partial charge in [0, 0.05) is 19.8 Å². The number of halogens is 1.